The number of aromatic nitrogens is 1. The predicted molar refractivity (Wildman–Crippen MR) is 80.4 cm³/mol. The molecule has 6 nitrogen and oxygen atoms in total. The second-order valence-corrected chi connectivity index (χ2v) is 5.67. The van der Waals surface area contributed by atoms with Gasteiger partial charge in [-0.1, -0.05) is 12.1 Å². The van der Waals surface area contributed by atoms with Crippen LogP contribution in [0.3, 0.4) is 0 Å². The summed E-state index contributed by atoms with van der Waals surface area (Å²) in [4.78, 5) is 25.6. The van der Waals surface area contributed by atoms with Crippen molar-refractivity contribution < 1.29 is 19.1 Å². The molecule has 0 saturated heterocycles. The van der Waals surface area contributed by atoms with E-state index in [9.17, 15) is 19.1 Å². The maximum Gasteiger partial charge on any atom is 0.274 e. The van der Waals surface area contributed by atoms with Gasteiger partial charge in [0.25, 0.3) is 11.8 Å². The number of fused-ring (bicyclic) bond motifs is 1. The summed E-state index contributed by atoms with van der Waals surface area (Å²) >= 11 is 0. The van der Waals surface area contributed by atoms with Gasteiger partial charge in [-0.25, -0.2) is 4.39 Å². The predicted octanol–water partition coefficient (Wildman–Crippen LogP) is 1.48. The fourth-order valence-corrected chi connectivity index (χ4v) is 2.83. The van der Waals surface area contributed by atoms with Crippen LogP contribution in [0.5, 0.6) is 5.75 Å². The number of aromatic hydroxyl groups is 1. The van der Waals surface area contributed by atoms with Crippen LogP contribution in [0.1, 0.15) is 33.3 Å². The summed E-state index contributed by atoms with van der Waals surface area (Å²) in [5.41, 5.74) is 5.97. The van der Waals surface area contributed by atoms with Crippen LogP contribution in [0.4, 0.5) is 4.39 Å². The van der Waals surface area contributed by atoms with E-state index in [1.165, 1.54) is 18.3 Å². The molecule has 0 saturated carbocycles. The number of hydrogen-bond donors (Lipinski definition) is 2. The molecule has 7 heteroatoms. The lowest BCUT2D eigenvalue weighted by molar-refractivity contribution is 0.0591. The summed E-state index contributed by atoms with van der Waals surface area (Å²) in [6, 6.07) is 5.74. The van der Waals surface area contributed by atoms with Crippen LogP contribution in [0.15, 0.2) is 30.5 Å². The summed E-state index contributed by atoms with van der Waals surface area (Å²) < 4.78 is 14.5. The largest absolute Gasteiger partial charge is 0.505 e. The van der Waals surface area contributed by atoms with Crippen LogP contribution in [0.25, 0.3) is 0 Å². The van der Waals surface area contributed by atoms with E-state index < -0.39 is 17.6 Å². The maximum absolute atomic E-state index is 13.0. The molecule has 2 amide bonds. The maximum atomic E-state index is 13.0. The van der Waals surface area contributed by atoms with Crippen molar-refractivity contribution in [1.82, 2.24) is 9.47 Å². The molecule has 0 spiro atoms. The van der Waals surface area contributed by atoms with Gasteiger partial charge in [0.15, 0.2) is 11.4 Å². The van der Waals surface area contributed by atoms with E-state index in [1.54, 1.807) is 21.6 Å². The Balaban J connectivity index is 1.94. The standard InChI is InChI=1S/C16H16FN3O3/c1-9-6-19-8-12(15(18)22)14(21)13(19)16(23)20(9)7-10-2-4-11(17)5-3-10/h2-5,8-9,21H,6-7H2,1H3,(H2,18,22). The minimum atomic E-state index is -0.782. The van der Waals surface area contributed by atoms with Crippen molar-refractivity contribution in [1.29, 1.82) is 0 Å². The lowest BCUT2D eigenvalue weighted by atomic mass is 10.1. The molecule has 120 valence electrons. The Hall–Kier alpha value is -2.83. The Morgan fingerprint density at radius 2 is 2.04 bits per heavy atom. The molecule has 1 aliphatic rings. The number of nitrogens with zero attached hydrogens (tertiary/aromatic N) is 2. The second-order valence-electron chi connectivity index (χ2n) is 5.67. The molecule has 0 bridgehead atoms. The Kier molecular flexibility index (Phi) is 3.55. The first kappa shape index (κ1) is 15.1. The Morgan fingerprint density at radius 3 is 2.65 bits per heavy atom. The molecule has 0 fully saturated rings. The number of benzene rings is 1. The summed E-state index contributed by atoms with van der Waals surface area (Å²) in [5.74, 6) is -1.91. The van der Waals surface area contributed by atoms with Crippen molar-refractivity contribution in [3.63, 3.8) is 0 Å². The fraction of sp³-hybridized carbons (Fsp3) is 0.250. The highest BCUT2D eigenvalue weighted by Crippen LogP contribution is 2.31. The van der Waals surface area contributed by atoms with Gasteiger partial charge < -0.3 is 20.3 Å². The first-order valence-electron chi connectivity index (χ1n) is 7.15. The number of hydrogen-bond acceptors (Lipinski definition) is 3. The highest BCUT2D eigenvalue weighted by atomic mass is 19.1. The Bertz CT molecular complexity index is 783. The molecule has 0 radical (unpaired) electrons. The topological polar surface area (TPSA) is 88.6 Å². The second kappa shape index (κ2) is 5.42. The van der Waals surface area contributed by atoms with Crippen molar-refractivity contribution >= 4 is 11.8 Å². The SMILES string of the molecule is CC1Cn2cc(C(N)=O)c(O)c2C(=O)N1Cc1ccc(F)cc1. The van der Waals surface area contributed by atoms with E-state index in [4.69, 9.17) is 5.73 Å². The third kappa shape index (κ3) is 2.54. The van der Waals surface area contributed by atoms with Crippen LogP contribution in [-0.2, 0) is 13.1 Å². The molecule has 1 aromatic carbocycles. The van der Waals surface area contributed by atoms with E-state index in [2.05, 4.69) is 0 Å². The van der Waals surface area contributed by atoms with Gasteiger partial charge in [-0.15, -0.1) is 0 Å². The highest BCUT2D eigenvalue weighted by molar-refractivity contribution is 6.03. The van der Waals surface area contributed by atoms with Crippen molar-refractivity contribution in [3.05, 3.63) is 53.1 Å². The van der Waals surface area contributed by atoms with Gasteiger partial charge in [0.05, 0.1) is 5.56 Å². The Morgan fingerprint density at radius 1 is 1.39 bits per heavy atom. The van der Waals surface area contributed by atoms with Crippen LogP contribution in [-0.4, -0.2) is 32.4 Å². The zero-order valence-corrected chi connectivity index (χ0v) is 12.5. The van der Waals surface area contributed by atoms with Crippen molar-refractivity contribution in [2.45, 2.75) is 26.1 Å². The van der Waals surface area contributed by atoms with E-state index in [-0.39, 0.29) is 29.7 Å². The number of carbonyl (C=O) groups excluding carboxylic acids is 2. The van der Waals surface area contributed by atoms with Crippen LogP contribution < -0.4 is 5.73 Å². The lowest BCUT2D eigenvalue weighted by Crippen LogP contribution is -2.45. The molecule has 23 heavy (non-hydrogen) atoms. The number of carbonyl (C=O) groups is 2. The third-order valence-electron chi connectivity index (χ3n) is 4.04. The normalized spacial score (nSPS) is 17.2. The van der Waals surface area contributed by atoms with Gasteiger partial charge >= 0.3 is 0 Å². The molecule has 1 aliphatic heterocycles. The summed E-state index contributed by atoms with van der Waals surface area (Å²) in [6.45, 7) is 2.59. The van der Waals surface area contributed by atoms with Crippen LogP contribution >= 0.6 is 0 Å². The molecular formula is C16H16FN3O3. The van der Waals surface area contributed by atoms with Gasteiger partial charge in [0, 0.05) is 25.3 Å². The van der Waals surface area contributed by atoms with E-state index in [1.807, 2.05) is 6.92 Å². The number of nitrogens with two attached hydrogens (primary N) is 1. The van der Waals surface area contributed by atoms with Gasteiger partial charge in [-0.2, -0.15) is 0 Å². The van der Waals surface area contributed by atoms with E-state index in [0.717, 1.165) is 5.56 Å². The lowest BCUT2D eigenvalue weighted by Gasteiger charge is -2.34. The van der Waals surface area contributed by atoms with Gasteiger partial charge in [-0.3, -0.25) is 9.59 Å². The molecule has 1 aromatic heterocycles. The monoisotopic (exact) mass is 317 g/mol. The first-order chi connectivity index (χ1) is 10.9. The molecule has 3 rings (SSSR count). The zero-order valence-electron chi connectivity index (χ0n) is 12.5. The van der Waals surface area contributed by atoms with Gasteiger partial charge in [0.1, 0.15) is 5.82 Å². The smallest absolute Gasteiger partial charge is 0.274 e. The minimum absolute atomic E-state index is 0.0546. The molecule has 1 unspecified atom stereocenters. The molecule has 2 aromatic rings. The number of primary amides is 1. The van der Waals surface area contributed by atoms with Crippen molar-refractivity contribution in [2.24, 2.45) is 5.73 Å². The fourth-order valence-electron chi connectivity index (χ4n) is 2.83. The van der Waals surface area contributed by atoms with Crippen LogP contribution in [0, 0.1) is 5.82 Å². The van der Waals surface area contributed by atoms with Gasteiger partial charge in [0.2, 0.25) is 0 Å². The zero-order chi connectivity index (χ0) is 16.7. The molecule has 2 heterocycles. The van der Waals surface area contributed by atoms with Gasteiger partial charge in [-0.05, 0) is 24.6 Å². The van der Waals surface area contributed by atoms with E-state index >= 15 is 0 Å². The quantitative estimate of drug-likeness (QED) is 0.898. The molecule has 3 N–H and O–H groups in total. The number of halogens is 1. The third-order valence-corrected chi connectivity index (χ3v) is 4.04. The summed E-state index contributed by atoms with van der Waals surface area (Å²) in [5, 5.41) is 10.1. The average Bonchev–Trinajstić information content (AvgIpc) is 2.82. The first-order valence-corrected chi connectivity index (χ1v) is 7.15. The summed E-state index contributed by atoms with van der Waals surface area (Å²) in [7, 11) is 0. The highest BCUT2D eigenvalue weighted by Gasteiger charge is 2.34. The number of amides is 2. The Labute approximate surface area is 131 Å². The average molecular weight is 317 g/mol. The van der Waals surface area contributed by atoms with Crippen molar-refractivity contribution in [3.8, 4) is 5.75 Å². The minimum Gasteiger partial charge on any atom is -0.505 e. The summed E-state index contributed by atoms with van der Waals surface area (Å²) in [6.07, 6.45) is 1.40. The van der Waals surface area contributed by atoms with Crippen LogP contribution in [0.2, 0.25) is 0 Å². The molecular weight excluding hydrogens is 301 g/mol. The molecule has 1 atom stereocenters. The molecule has 0 aliphatic carbocycles. The van der Waals surface area contributed by atoms with E-state index in [0.29, 0.717) is 6.54 Å². The van der Waals surface area contributed by atoms with Crippen molar-refractivity contribution in [2.75, 3.05) is 0 Å². The number of rotatable bonds is 3.